The Morgan fingerprint density at radius 3 is 2.12 bits per heavy atom. The lowest BCUT2D eigenvalue weighted by atomic mass is 10.1. The molecule has 1 saturated heterocycles. The van der Waals surface area contributed by atoms with Gasteiger partial charge in [0.05, 0.1) is 10.9 Å². The highest BCUT2D eigenvalue weighted by Gasteiger charge is 2.30. The first-order valence-corrected chi connectivity index (χ1v) is 9.85. The maximum Gasteiger partial charge on any atom is 0.293 e. The van der Waals surface area contributed by atoms with E-state index in [0.29, 0.717) is 29.8 Å². The summed E-state index contributed by atoms with van der Waals surface area (Å²) in [5, 5.41) is 0.536. The van der Waals surface area contributed by atoms with Crippen LogP contribution in [0.3, 0.4) is 0 Å². The molecule has 12 heteroatoms. The van der Waals surface area contributed by atoms with Crippen LogP contribution in [0.15, 0.2) is 32.3 Å². The van der Waals surface area contributed by atoms with Crippen LogP contribution < -0.4 is 15.9 Å². The molecule has 4 aromatic rings. The lowest BCUT2D eigenvalue weighted by Gasteiger charge is -2.34. The number of hydrogen-bond donors (Lipinski definition) is 1. The summed E-state index contributed by atoms with van der Waals surface area (Å²) >= 11 is 0. The van der Waals surface area contributed by atoms with Crippen molar-refractivity contribution in [3.8, 4) is 5.69 Å². The fraction of sp³-hybridized carbons (Fsp3) is 0.238. The summed E-state index contributed by atoms with van der Waals surface area (Å²) in [5.41, 5.74) is -5.05. The number of aromatic nitrogens is 2. The van der Waals surface area contributed by atoms with Crippen molar-refractivity contribution in [3.63, 3.8) is 0 Å². The van der Waals surface area contributed by atoms with Crippen LogP contribution in [0.4, 0.5) is 27.6 Å². The standard InChI is InChI=1S/C21H15F5N4O3/c1-28-2-4-29(5-3-28)18-13(25)8-10-16(15(18)26)30(17-11(23)6-9(22)7-12(17)24)21-14(19(10)31)20(32)27-33-21/h6-8H,2-5H2,1H3,(H,27,32). The van der Waals surface area contributed by atoms with E-state index in [1.165, 1.54) is 4.90 Å². The van der Waals surface area contributed by atoms with E-state index in [1.807, 2.05) is 17.1 Å². The van der Waals surface area contributed by atoms with Crippen LogP contribution in [0.5, 0.6) is 0 Å². The number of H-pyrrole nitrogens is 1. The molecule has 2 aromatic heterocycles. The zero-order valence-electron chi connectivity index (χ0n) is 17.0. The van der Waals surface area contributed by atoms with Crippen LogP contribution >= 0.6 is 0 Å². The zero-order valence-corrected chi connectivity index (χ0v) is 17.0. The summed E-state index contributed by atoms with van der Waals surface area (Å²) < 4.78 is 79.5. The Labute approximate surface area is 181 Å². The number of rotatable bonds is 2. The summed E-state index contributed by atoms with van der Waals surface area (Å²) in [7, 11) is 1.84. The van der Waals surface area contributed by atoms with Crippen LogP contribution in [0.2, 0.25) is 0 Å². The van der Waals surface area contributed by atoms with Gasteiger partial charge >= 0.3 is 0 Å². The Balaban J connectivity index is 1.96. The number of benzene rings is 2. The summed E-state index contributed by atoms with van der Waals surface area (Å²) in [6, 6.07) is 1.42. The second-order valence-corrected chi connectivity index (χ2v) is 7.80. The molecule has 0 aliphatic carbocycles. The normalized spacial score (nSPS) is 15.2. The molecule has 0 bridgehead atoms. The van der Waals surface area contributed by atoms with E-state index in [-0.39, 0.29) is 13.1 Å². The SMILES string of the molecule is CN1CCN(c2c(F)cc3c(=O)c4c(=O)[nH]oc4n(-c4c(F)cc(F)cc4F)c3c2F)CC1. The van der Waals surface area contributed by atoms with E-state index in [1.54, 1.807) is 0 Å². The van der Waals surface area contributed by atoms with Crippen molar-refractivity contribution in [2.45, 2.75) is 0 Å². The van der Waals surface area contributed by atoms with Gasteiger partial charge in [-0.3, -0.25) is 14.2 Å². The number of fused-ring (bicyclic) bond motifs is 2. The Bertz CT molecular complexity index is 1530. The van der Waals surface area contributed by atoms with Gasteiger partial charge in [-0.05, 0) is 13.1 Å². The first kappa shape index (κ1) is 21.2. The maximum absolute atomic E-state index is 15.9. The van der Waals surface area contributed by atoms with Gasteiger partial charge in [0, 0.05) is 38.3 Å². The van der Waals surface area contributed by atoms with Crippen molar-refractivity contribution in [1.82, 2.24) is 14.6 Å². The highest BCUT2D eigenvalue weighted by atomic mass is 19.2. The Morgan fingerprint density at radius 2 is 1.48 bits per heavy atom. The molecule has 172 valence electrons. The van der Waals surface area contributed by atoms with Crippen LogP contribution in [-0.2, 0) is 0 Å². The van der Waals surface area contributed by atoms with E-state index in [2.05, 4.69) is 0 Å². The molecule has 1 fully saturated rings. The number of aromatic amines is 1. The molecule has 0 unspecified atom stereocenters. The molecule has 0 radical (unpaired) electrons. The van der Waals surface area contributed by atoms with Gasteiger partial charge in [0.25, 0.3) is 5.56 Å². The Hall–Kier alpha value is -3.67. The fourth-order valence-corrected chi connectivity index (χ4v) is 4.16. The minimum absolute atomic E-state index is 0.251. The van der Waals surface area contributed by atoms with Crippen molar-refractivity contribution < 1.29 is 26.5 Å². The fourth-order valence-electron chi connectivity index (χ4n) is 4.16. The van der Waals surface area contributed by atoms with Gasteiger partial charge in [-0.15, -0.1) is 0 Å². The van der Waals surface area contributed by atoms with E-state index in [4.69, 9.17) is 4.52 Å². The third-order valence-electron chi connectivity index (χ3n) is 5.77. The monoisotopic (exact) mass is 466 g/mol. The molecule has 5 rings (SSSR count). The van der Waals surface area contributed by atoms with Gasteiger partial charge in [0.1, 0.15) is 23.0 Å². The third-order valence-corrected chi connectivity index (χ3v) is 5.77. The largest absolute Gasteiger partial charge is 0.364 e. The third kappa shape index (κ3) is 3.12. The number of nitrogens with one attached hydrogen (secondary N) is 1. The van der Waals surface area contributed by atoms with E-state index in [0.717, 1.165) is 6.07 Å². The van der Waals surface area contributed by atoms with Crippen molar-refractivity contribution in [2.24, 2.45) is 0 Å². The quantitative estimate of drug-likeness (QED) is 0.460. The number of pyridine rings is 1. The lowest BCUT2D eigenvalue weighted by Crippen LogP contribution is -2.45. The Morgan fingerprint density at radius 1 is 0.879 bits per heavy atom. The summed E-state index contributed by atoms with van der Waals surface area (Å²) in [5.74, 6) is -6.50. The van der Waals surface area contributed by atoms with Crippen molar-refractivity contribution in [2.75, 3.05) is 38.1 Å². The molecular formula is C21H15F5N4O3. The van der Waals surface area contributed by atoms with Crippen LogP contribution in [0.1, 0.15) is 0 Å². The van der Waals surface area contributed by atoms with Crippen LogP contribution in [-0.4, -0.2) is 47.9 Å². The number of halogens is 5. The topological polar surface area (TPSA) is 74.5 Å². The molecule has 2 aromatic carbocycles. The average molecular weight is 466 g/mol. The van der Waals surface area contributed by atoms with Gasteiger partial charge in [0.2, 0.25) is 11.1 Å². The molecule has 0 atom stereocenters. The predicted octanol–water partition coefficient (Wildman–Crippen LogP) is 2.87. The molecule has 7 nitrogen and oxygen atoms in total. The average Bonchev–Trinajstić information content (AvgIpc) is 3.13. The van der Waals surface area contributed by atoms with Crippen molar-refractivity contribution in [1.29, 1.82) is 0 Å². The predicted molar refractivity (Wildman–Crippen MR) is 109 cm³/mol. The number of anilines is 1. The minimum Gasteiger partial charge on any atom is -0.364 e. The number of nitrogens with zero attached hydrogens (tertiary/aromatic N) is 3. The number of hydrogen-bond acceptors (Lipinski definition) is 5. The molecule has 0 saturated carbocycles. The molecule has 1 N–H and O–H groups in total. The van der Waals surface area contributed by atoms with Crippen LogP contribution in [0, 0.1) is 29.1 Å². The van der Waals surface area contributed by atoms with Gasteiger partial charge in [-0.2, -0.15) is 5.16 Å². The smallest absolute Gasteiger partial charge is 0.293 e. The first-order chi connectivity index (χ1) is 15.7. The minimum atomic E-state index is -1.45. The molecule has 0 spiro atoms. The highest BCUT2D eigenvalue weighted by Crippen LogP contribution is 2.34. The maximum atomic E-state index is 15.9. The lowest BCUT2D eigenvalue weighted by molar-refractivity contribution is 0.310. The van der Waals surface area contributed by atoms with E-state index >= 15 is 8.78 Å². The van der Waals surface area contributed by atoms with Gasteiger partial charge < -0.3 is 14.3 Å². The van der Waals surface area contributed by atoms with Crippen LogP contribution in [0.25, 0.3) is 27.7 Å². The molecule has 1 aliphatic heterocycles. The molecular weight excluding hydrogens is 451 g/mol. The first-order valence-electron chi connectivity index (χ1n) is 9.85. The molecule has 3 heterocycles. The summed E-state index contributed by atoms with van der Waals surface area (Å²) in [6.07, 6.45) is 0. The number of piperazine rings is 1. The van der Waals surface area contributed by atoms with Gasteiger partial charge in [-0.25, -0.2) is 22.0 Å². The summed E-state index contributed by atoms with van der Waals surface area (Å²) in [6.45, 7) is 1.50. The van der Waals surface area contributed by atoms with Crippen molar-refractivity contribution in [3.05, 3.63) is 67.9 Å². The molecule has 33 heavy (non-hydrogen) atoms. The molecule has 1 aliphatic rings. The van der Waals surface area contributed by atoms with Gasteiger partial charge in [0.15, 0.2) is 22.8 Å². The van der Waals surface area contributed by atoms with Gasteiger partial charge in [-0.1, -0.05) is 0 Å². The van der Waals surface area contributed by atoms with E-state index in [9.17, 15) is 22.8 Å². The second-order valence-electron chi connectivity index (χ2n) is 7.80. The highest BCUT2D eigenvalue weighted by molar-refractivity contribution is 5.95. The zero-order chi connectivity index (χ0) is 23.6. The Kier molecular flexibility index (Phi) is 4.78. The number of likely N-dealkylation sites (N-methyl/N-ethyl adjacent to an activating group) is 1. The molecule has 0 amide bonds. The second kappa shape index (κ2) is 7.44. The van der Waals surface area contributed by atoms with E-state index < -0.39 is 73.5 Å². The summed E-state index contributed by atoms with van der Waals surface area (Å²) in [4.78, 5) is 28.4. The van der Waals surface area contributed by atoms with Crippen molar-refractivity contribution >= 4 is 27.7 Å².